The van der Waals surface area contributed by atoms with Crippen LogP contribution in [0, 0.1) is 11.8 Å². The number of piperidine rings is 1. The summed E-state index contributed by atoms with van der Waals surface area (Å²) >= 11 is 0. The SMILES string of the molecule is O=C1CC(C(=O)N2C[C@H]3C[C@@H](C2)c2cccc(=O)n2C3)CN1CCc1ccccc1. The molecule has 2 saturated heterocycles. The summed E-state index contributed by atoms with van der Waals surface area (Å²) in [5, 5.41) is 0. The van der Waals surface area contributed by atoms with Gasteiger partial charge >= 0.3 is 0 Å². The van der Waals surface area contributed by atoms with Crippen LogP contribution >= 0.6 is 0 Å². The Balaban J connectivity index is 1.24. The van der Waals surface area contributed by atoms with Gasteiger partial charge < -0.3 is 14.4 Å². The molecule has 2 aromatic rings. The predicted octanol–water partition coefficient (Wildman–Crippen LogP) is 1.89. The average molecular weight is 405 g/mol. The van der Waals surface area contributed by atoms with Gasteiger partial charge in [-0.3, -0.25) is 14.4 Å². The van der Waals surface area contributed by atoms with Crippen molar-refractivity contribution in [1.29, 1.82) is 0 Å². The fraction of sp³-hybridized carbons (Fsp3) is 0.458. The van der Waals surface area contributed by atoms with Crippen LogP contribution in [0.4, 0.5) is 0 Å². The molecule has 0 radical (unpaired) electrons. The van der Waals surface area contributed by atoms with Crippen molar-refractivity contribution in [3.8, 4) is 0 Å². The Kier molecular flexibility index (Phi) is 4.93. The number of rotatable bonds is 4. The Morgan fingerprint density at radius 3 is 2.60 bits per heavy atom. The second-order valence-corrected chi connectivity index (χ2v) is 8.92. The smallest absolute Gasteiger partial charge is 0.250 e. The number of hydrogen-bond acceptors (Lipinski definition) is 3. The van der Waals surface area contributed by atoms with Gasteiger partial charge in [-0.25, -0.2) is 0 Å². The number of benzene rings is 1. The molecule has 1 aromatic carbocycles. The number of aromatic nitrogens is 1. The minimum Gasteiger partial charge on any atom is -0.342 e. The average Bonchev–Trinajstić information content (AvgIpc) is 3.13. The maximum atomic E-state index is 13.3. The molecular formula is C24H27N3O3. The number of carbonyl (C=O) groups excluding carboxylic acids is 2. The number of amides is 2. The van der Waals surface area contributed by atoms with E-state index in [0.29, 0.717) is 45.1 Å². The standard InChI is InChI=1S/C24H27N3O3/c28-22-8-4-7-21-19-11-18(14-27(21)22)13-26(15-19)24(30)20-12-23(29)25(16-20)10-9-17-5-2-1-3-6-17/h1-8,18-20H,9-16H2/t18-,19+,20?/m1/s1. The first kappa shape index (κ1) is 19.1. The van der Waals surface area contributed by atoms with Crippen molar-refractivity contribution in [2.75, 3.05) is 26.2 Å². The molecule has 156 valence electrons. The summed E-state index contributed by atoms with van der Waals surface area (Å²) in [6.45, 7) is 3.20. The molecule has 0 saturated carbocycles. The van der Waals surface area contributed by atoms with Crippen LogP contribution in [0.3, 0.4) is 0 Å². The zero-order chi connectivity index (χ0) is 20.7. The van der Waals surface area contributed by atoms with Gasteiger partial charge in [-0.2, -0.15) is 0 Å². The number of nitrogens with zero attached hydrogens (tertiary/aromatic N) is 3. The quantitative estimate of drug-likeness (QED) is 0.780. The monoisotopic (exact) mass is 405 g/mol. The van der Waals surface area contributed by atoms with Crippen LogP contribution in [0.15, 0.2) is 53.3 Å². The van der Waals surface area contributed by atoms with Crippen LogP contribution in [-0.2, 0) is 22.6 Å². The lowest BCUT2D eigenvalue weighted by Gasteiger charge is -2.43. The molecule has 1 unspecified atom stereocenters. The third kappa shape index (κ3) is 3.55. The van der Waals surface area contributed by atoms with Crippen LogP contribution in [0.1, 0.15) is 30.0 Å². The van der Waals surface area contributed by atoms with Crippen molar-refractivity contribution in [2.24, 2.45) is 11.8 Å². The molecule has 6 heteroatoms. The Bertz CT molecular complexity index is 1020. The van der Waals surface area contributed by atoms with E-state index in [1.807, 2.05) is 44.7 Å². The highest BCUT2D eigenvalue weighted by molar-refractivity contribution is 5.89. The van der Waals surface area contributed by atoms with Crippen LogP contribution in [0.5, 0.6) is 0 Å². The molecule has 3 aliphatic heterocycles. The van der Waals surface area contributed by atoms with Gasteiger partial charge in [-0.1, -0.05) is 36.4 Å². The predicted molar refractivity (Wildman–Crippen MR) is 113 cm³/mol. The summed E-state index contributed by atoms with van der Waals surface area (Å²) in [6, 6.07) is 15.6. The van der Waals surface area contributed by atoms with Gasteiger partial charge in [0.25, 0.3) is 5.56 Å². The number of fused-ring (bicyclic) bond motifs is 4. The first-order valence-corrected chi connectivity index (χ1v) is 10.9. The summed E-state index contributed by atoms with van der Waals surface area (Å²) < 4.78 is 1.88. The summed E-state index contributed by atoms with van der Waals surface area (Å²) in [5.74, 6) is 0.462. The fourth-order valence-corrected chi connectivity index (χ4v) is 5.40. The number of carbonyl (C=O) groups is 2. The molecule has 2 bridgehead atoms. The van der Waals surface area contributed by atoms with Gasteiger partial charge in [-0.15, -0.1) is 0 Å². The van der Waals surface area contributed by atoms with E-state index in [9.17, 15) is 14.4 Å². The van der Waals surface area contributed by atoms with E-state index < -0.39 is 0 Å². The Morgan fingerprint density at radius 2 is 1.77 bits per heavy atom. The van der Waals surface area contributed by atoms with Crippen molar-refractivity contribution >= 4 is 11.8 Å². The normalized spacial score (nSPS) is 25.3. The number of pyridine rings is 1. The molecule has 6 nitrogen and oxygen atoms in total. The van der Waals surface area contributed by atoms with Gasteiger partial charge in [0.1, 0.15) is 0 Å². The van der Waals surface area contributed by atoms with Crippen molar-refractivity contribution in [3.63, 3.8) is 0 Å². The van der Waals surface area contributed by atoms with Crippen molar-refractivity contribution in [2.45, 2.75) is 31.7 Å². The van der Waals surface area contributed by atoms with Crippen LogP contribution in [0.25, 0.3) is 0 Å². The second kappa shape index (κ2) is 7.74. The van der Waals surface area contributed by atoms with E-state index in [1.54, 1.807) is 6.07 Å². The highest BCUT2D eigenvalue weighted by Gasteiger charge is 2.41. The zero-order valence-corrected chi connectivity index (χ0v) is 17.1. The molecule has 2 fully saturated rings. The Labute approximate surface area is 176 Å². The minimum atomic E-state index is -0.245. The van der Waals surface area contributed by atoms with E-state index in [4.69, 9.17) is 0 Å². The summed E-state index contributed by atoms with van der Waals surface area (Å²) in [7, 11) is 0. The zero-order valence-electron chi connectivity index (χ0n) is 17.1. The molecule has 30 heavy (non-hydrogen) atoms. The third-order valence-corrected chi connectivity index (χ3v) is 6.87. The van der Waals surface area contributed by atoms with Gasteiger partial charge in [-0.05, 0) is 30.4 Å². The van der Waals surface area contributed by atoms with Gasteiger partial charge in [0.05, 0.1) is 5.92 Å². The van der Waals surface area contributed by atoms with Gasteiger partial charge in [0.2, 0.25) is 11.8 Å². The van der Waals surface area contributed by atoms with Crippen LogP contribution < -0.4 is 5.56 Å². The Morgan fingerprint density at radius 1 is 0.933 bits per heavy atom. The molecule has 0 spiro atoms. The van der Waals surface area contributed by atoms with Crippen LogP contribution in [-0.4, -0.2) is 52.4 Å². The van der Waals surface area contributed by atoms with Crippen molar-refractivity contribution in [1.82, 2.24) is 14.4 Å². The molecule has 5 rings (SSSR count). The van der Waals surface area contributed by atoms with E-state index in [1.165, 1.54) is 5.56 Å². The third-order valence-electron chi connectivity index (χ3n) is 6.87. The maximum Gasteiger partial charge on any atom is 0.250 e. The molecular weight excluding hydrogens is 378 g/mol. The minimum absolute atomic E-state index is 0.0532. The lowest BCUT2D eigenvalue weighted by molar-refractivity contribution is -0.138. The number of likely N-dealkylation sites (tertiary alicyclic amines) is 2. The van der Waals surface area contributed by atoms with Crippen LogP contribution in [0.2, 0.25) is 0 Å². The molecule has 0 N–H and O–H groups in total. The molecule has 2 amide bonds. The molecule has 3 aliphatic rings. The van der Waals surface area contributed by atoms with Gasteiger partial charge in [0, 0.05) is 56.8 Å². The highest BCUT2D eigenvalue weighted by atomic mass is 16.2. The van der Waals surface area contributed by atoms with Gasteiger partial charge in [0.15, 0.2) is 0 Å². The molecule has 4 heterocycles. The Hall–Kier alpha value is -2.89. The van der Waals surface area contributed by atoms with E-state index in [-0.39, 0.29) is 29.2 Å². The highest BCUT2D eigenvalue weighted by Crippen LogP contribution is 2.36. The number of hydrogen-bond donors (Lipinski definition) is 0. The lowest BCUT2D eigenvalue weighted by atomic mass is 9.82. The largest absolute Gasteiger partial charge is 0.342 e. The van der Waals surface area contributed by atoms with E-state index in [2.05, 4.69) is 12.1 Å². The molecule has 3 atom stereocenters. The first-order valence-electron chi connectivity index (χ1n) is 10.9. The van der Waals surface area contributed by atoms with E-state index in [0.717, 1.165) is 18.5 Å². The lowest BCUT2D eigenvalue weighted by Crippen LogP contribution is -2.50. The molecule has 0 aliphatic carbocycles. The first-order chi connectivity index (χ1) is 14.6. The second-order valence-electron chi connectivity index (χ2n) is 8.92. The summed E-state index contributed by atoms with van der Waals surface area (Å²) in [4.78, 5) is 41.8. The van der Waals surface area contributed by atoms with E-state index >= 15 is 0 Å². The summed E-state index contributed by atoms with van der Waals surface area (Å²) in [5.41, 5.74) is 2.30. The van der Waals surface area contributed by atoms with Crippen molar-refractivity contribution in [3.05, 3.63) is 70.1 Å². The van der Waals surface area contributed by atoms with Crippen molar-refractivity contribution < 1.29 is 9.59 Å². The summed E-state index contributed by atoms with van der Waals surface area (Å²) in [6.07, 6.45) is 2.16. The maximum absolute atomic E-state index is 13.3. The fourth-order valence-electron chi connectivity index (χ4n) is 5.40. The molecule has 1 aromatic heterocycles. The topological polar surface area (TPSA) is 62.6 Å².